The molecule has 2 N–H and O–H groups in total. The van der Waals surface area contributed by atoms with Crippen molar-refractivity contribution in [3.8, 4) is 0 Å². The molecule has 0 aliphatic rings. The number of aromatic nitrogens is 1. The fourth-order valence-electron chi connectivity index (χ4n) is 2.13. The molecule has 0 bridgehead atoms. The van der Waals surface area contributed by atoms with Gasteiger partial charge < -0.3 is 10.6 Å². The zero-order valence-corrected chi connectivity index (χ0v) is 13.6. The van der Waals surface area contributed by atoms with Gasteiger partial charge in [-0.15, -0.1) is 0 Å². The summed E-state index contributed by atoms with van der Waals surface area (Å²) in [5.74, 6) is -0.144. The molecule has 0 radical (unpaired) electrons. The average Bonchev–Trinajstić information content (AvgIpc) is 2.63. The first-order valence-electron chi connectivity index (χ1n) is 7.70. The lowest BCUT2D eigenvalue weighted by atomic mass is 10.2. The summed E-state index contributed by atoms with van der Waals surface area (Å²) < 4.78 is 0. The van der Waals surface area contributed by atoms with Gasteiger partial charge >= 0.3 is 0 Å². The molecule has 0 unspecified atom stereocenters. The number of benzene rings is 2. The summed E-state index contributed by atoms with van der Waals surface area (Å²) in [6.07, 6.45) is 1.67. The first-order chi connectivity index (χ1) is 11.3. The number of hydrogen-bond acceptors (Lipinski definition) is 3. The number of carbonyl (C=O) groups excluding carboxylic acids is 1. The van der Waals surface area contributed by atoms with Crippen molar-refractivity contribution in [3.63, 3.8) is 0 Å². The van der Waals surface area contributed by atoms with Crippen LogP contribution in [-0.2, 0) is 0 Å². The highest BCUT2D eigenvalue weighted by atomic mass is 16.1. The van der Waals surface area contributed by atoms with Gasteiger partial charge in [-0.1, -0.05) is 32.0 Å². The number of carbonyl (C=O) groups is 1. The van der Waals surface area contributed by atoms with E-state index in [0.29, 0.717) is 11.3 Å². The van der Waals surface area contributed by atoms with Gasteiger partial charge in [-0.3, -0.25) is 9.78 Å². The minimum atomic E-state index is -0.144. The predicted octanol–water partition coefficient (Wildman–Crippen LogP) is 4.56. The Morgan fingerprint density at radius 2 is 1.65 bits per heavy atom. The average molecular weight is 307 g/mol. The van der Waals surface area contributed by atoms with Crippen LogP contribution >= 0.6 is 0 Å². The topological polar surface area (TPSA) is 54.0 Å². The van der Waals surface area contributed by atoms with Crippen molar-refractivity contribution in [2.75, 3.05) is 17.7 Å². The fourth-order valence-corrected chi connectivity index (χ4v) is 2.13. The highest BCUT2D eigenvalue weighted by Gasteiger charge is 2.06. The third-order valence-electron chi connectivity index (χ3n) is 3.28. The molecule has 1 heterocycles. The second-order valence-electron chi connectivity index (χ2n) is 4.70. The smallest absolute Gasteiger partial charge is 0.255 e. The normalized spacial score (nSPS) is 9.70. The summed E-state index contributed by atoms with van der Waals surface area (Å²) in [4.78, 5) is 16.5. The Labute approximate surface area is 136 Å². The van der Waals surface area contributed by atoms with E-state index in [0.717, 1.165) is 16.6 Å². The summed E-state index contributed by atoms with van der Waals surface area (Å²) in [6.45, 7) is 4.00. The van der Waals surface area contributed by atoms with Crippen LogP contribution in [0.4, 0.5) is 11.4 Å². The summed E-state index contributed by atoms with van der Waals surface area (Å²) in [7, 11) is 1.84. The Kier molecular flexibility index (Phi) is 5.69. The molecule has 0 saturated heterocycles. The van der Waals surface area contributed by atoms with Crippen LogP contribution in [-0.4, -0.2) is 17.9 Å². The number of nitrogens with zero attached hydrogens (tertiary/aromatic N) is 1. The molecule has 0 fully saturated rings. The van der Waals surface area contributed by atoms with Crippen molar-refractivity contribution >= 4 is 28.2 Å². The van der Waals surface area contributed by atoms with E-state index in [2.05, 4.69) is 15.6 Å². The second kappa shape index (κ2) is 7.94. The predicted molar refractivity (Wildman–Crippen MR) is 97.0 cm³/mol. The lowest BCUT2D eigenvalue weighted by Gasteiger charge is -2.07. The summed E-state index contributed by atoms with van der Waals surface area (Å²) >= 11 is 0. The molecule has 1 aromatic heterocycles. The third-order valence-corrected chi connectivity index (χ3v) is 3.28. The molecule has 4 nitrogen and oxygen atoms in total. The van der Waals surface area contributed by atoms with Gasteiger partial charge in [0.05, 0.1) is 17.4 Å². The maximum atomic E-state index is 12.2. The second-order valence-corrected chi connectivity index (χ2v) is 4.70. The van der Waals surface area contributed by atoms with Gasteiger partial charge in [0, 0.05) is 23.7 Å². The molecular weight excluding hydrogens is 286 g/mol. The van der Waals surface area contributed by atoms with E-state index in [1.54, 1.807) is 18.3 Å². The van der Waals surface area contributed by atoms with Crippen LogP contribution in [0.3, 0.4) is 0 Å². The van der Waals surface area contributed by atoms with E-state index in [-0.39, 0.29) is 5.91 Å². The van der Waals surface area contributed by atoms with Crippen molar-refractivity contribution in [2.45, 2.75) is 13.8 Å². The van der Waals surface area contributed by atoms with Crippen LogP contribution in [0.25, 0.3) is 10.9 Å². The molecular formula is C19H21N3O. The first-order valence-corrected chi connectivity index (χ1v) is 7.70. The summed E-state index contributed by atoms with van der Waals surface area (Å²) in [5.41, 5.74) is 3.19. The van der Waals surface area contributed by atoms with Gasteiger partial charge in [-0.25, -0.2) is 0 Å². The minimum absolute atomic E-state index is 0.144. The van der Waals surface area contributed by atoms with Crippen molar-refractivity contribution < 1.29 is 4.79 Å². The molecule has 3 rings (SSSR count). The molecule has 23 heavy (non-hydrogen) atoms. The van der Waals surface area contributed by atoms with E-state index in [9.17, 15) is 4.79 Å². The zero-order chi connectivity index (χ0) is 16.7. The van der Waals surface area contributed by atoms with E-state index in [1.165, 1.54) is 0 Å². The molecule has 0 atom stereocenters. The van der Waals surface area contributed by atoms with Crippen molar-refractivity contribution in [3.05, 3.63) is 66.4 Å². The molecule has 1 amide bonds. The third kappa shape index (κ3) is 4.07. The maximum absolute atomic E-state index is 12.2. The van der Waals surface area contributed by atoms with Crippen molar-refractivity contribution in [1.82, 2.24) is 4.98 Å². The number of para-hydroxylation sites is 1. The Balaban J connectivity index is 0.000000924. The largest absolute Gasteiger partial charge is 0.388 e. The number of hydrogen-bond donors (Lipinski definition) is 2. The van der Waals surface area contributed by atoms with Crippen LogP contribution in [0.1, 0.15) is 24.2 Å². The van der Waals surface area contributed by atoms with Crippen LogP contribution < -0.4 is 10.6 Å². The fraction of sp³-hybridized carbons (Fsp3) is 0.158. The van der Waals surface area contributed by atoms with Crippen LogP contribution in [0, 0.1) is 0 Å². The van der Waals surface area contributed by atoms with Gasteiger partial charge in [0.1, 0.15) is 0 Å². The molecule has 118 valence electrons. The molecule has 0 aliphatic carbocycles. The number of rotatable bonds is 3. The molecule has 2 aromatic carbocycles. The van der Waals surface area contributed by atoms with Gasteiger partial charge in [-0.2, -0.15) is 0 Å². The number of fused-ring (bicyclic) bond motifs is 1. The minimum Gasteiger partial charge on any atom is -0.388 e. The van der Waals surface area contributed by atoms with Crippen LogP contribution in [0.5, 0.6) is 0 Å². The van der Waals surface area contributed by atoms with Crippen LogP contribution in [0.15, 0.2) is 60.8 Å². The zero-order valence-electron chi connectivity index (χ0n) is 13.6. The van der Waals surface area contributed by atoms with Gasteiger partial charge in [0.2, 0.25) is 0 Å². The molecule has 0 spiro atoms. The number of anilines is 2. The van der Waals surface area contributed by atoms with E-state index < -0.39 is 0 Å². The highest BCUT2D eigenvalue weighted by Crippen LogP contribution is 2.17. The number of nitrogens with one attached hydrogen (secondary N) is 2. The first kappa shape index (κ1) is 16.5. The Morgan fingerprint density at radius 3 is 2.35 bits per heavy atom. The van der Waals surface area contributed by atoms with Gasteiger partial charge in [0.15, 0.2) is 0 Å². The SMILES string of the molecule is CC.CNc1ccc(C(=O)Nc2cnc3ccccc3c2)cc1. The Bertz CT molecular complexity index is 782. The lowest BCUT2D eigenvalue weighted by molar-refractivity contribution is 0.102. The number of pyridine rings is 1. The lowest BCUT2D eigenvalue weighted by Crippen LogP contribution is -2.12. The van der Waals surface area contributed by atoms with Crippen molar-refractivity contribution in [1.29, 1.82) is 0 Å². The Morgan fingerprint density at radius 1 is 0.957 bits per heavy atom. The maximum Gasteiger partial charge on any atom is 0.255 e. The van der Waals surface area contributed by atoms with E-state index >= 15 is 0 Å². The van der Waals surface area contributed by atoms with Crippen molar-refractivity contribution in [2.24, 2.45) is 0 Å². The highest BCUT2D eigenvalue weighted by molar-refractivity contribution is 6.05. The van der Waals surface area contributed by atoms with Gasteiger partial charge in [0.25, 0.3) is 5.91 Å². The standard InChI is InChI=1S/C17H15N3O.C2H6/c1-18-14-8-6-12(7-9-14)17(21)20-15-10-13-4-2-3-5-16(13)19-11-15;1-2/h2-11,18H,1H3,(H,20,21);1-2H3. The van der Waals surface area contributed by atoms with Gasteiger partial charge in [-0.05, 0) is 36.4 Å². The molecule has 0 aliphatic heterocycles. The summed E-state index contributed by atoms with van der Waals surface area (Å²) in [6, 6.07) is 17.0. The molecule has 4 heteroatoms. The van der Waals surface area contributed by atoms with Crippen LogP contribution in [0.2, 0.25) is 0 Å². The number of amides is 1. The Hall–Kier alpha value is -2.88. The van der Waals surface area contributed by atoms with E-state index in [4.69, 9.17) is 0 Å². The van der Waals surface area contributed by atoms with E-state index in [1.807, 2.05) is 63.4 Å². The molecule has 3 aromatic rings. The molecule has 0 saturated carbocycles. The quantitative estimate of drug-likeness (QED) is 0.746. The summed E-state index contributed by atoms with van der Waals surface area (Å²) in [5, 5.41) is 6.89. The monoisotopic (exact) mass is 307 g/mol.